The molecule has 3 fully saturated rings. The maximum absolute atomic E-state index is 12.5. The van der Waals surface area contributed by atoms with E-state index >= 15 is 0 Å². The van der Waals surface area contributed by atoms with Crippen LogP contribution in [0.3, 0.4) is 0 Å². The summed E-state index contributed by atoms with van der Waals surface area (Å²) in [6, 6.07) is 4.18. The Labute approximate surface area is 137 Å². The summed E-state index contributed by atoms with van der Waals surface area (Å²) in [6.45, 7) is 4.94. The van der Waals surface area contributed by atoms with E-state index in [0.29, 0.717) is 6.04 Å². The molecule has 0 unspecified atom stereocenters. The standard InChI is InChI=1S/C18H25N3O2/c22-17(15-3-7-19-8-4-15)21-11-5-18(6-12-21)13-16(14-23-18)20-9-1-2-10-20/h3-4,7-8,16H,1-2,5-6,9-14H2/t16-/m0/s1. The Bertz CT molecular complexity index is 549. The van der Waals surface area contributed by atoms with Crippen molar-refractivity contribution in [2.24, 2.45) is 0 Å². The molecule has 5 nitrogen and oxygen atoms in total. The van der Waals surface area contributed by atoms with Crippen LogP contribution in [0.1, 0.15) is 42.5 Å². The molecule has 0 saturated carbocycles. The molecule has 0 bridgehead atoms. The van der Waals surface area contributed by atoms with Gasteiger partial charge in [-0.3, -0.25) is 14.7 Å². The van der Waals surface area contributed by atoms with Gasteiger partial charge in [-0.1, -0.05) is 0 Å². The van der Waals surface area contributed by atoms with Gasteiger partial charge in [0, 0.05) is 37.1 Å². The smallest absolute Gasteiger partial charge is 0.253 e. The van der Waals surface area contributed by atoms with Crippen molar-refractivity contribution in [2.75, 3.05) is 32.8 Å². The second-order valence-electron chi connectivity index (χ2n) is 7.12. The summed E-state index contributed by atoms with van der Waals surface area (Å²) in [7, 11) is 0. The van der Waals surface area contributed by atoms with Gasteiger partial charge in [0.05, 0.1) is 12.2 Å². The highest BCUT2D eigenvalue weighted by molar-refractivity contribution is 5.94. The fraction of sp³-hybridized carbons (Fsp3) is 0.667. The van der Waals surface area contributed by atoms with Gasteiger partial charge in [-0.15, -0.1) is 0 Å². The molecular weight excluding hydrogens is 290 g/mol. The summed E-state index contributed by atoms with van der Waals surface area (Å²) in [5.41, 5.74) is 0.751. The van der Waals surface area contributed by atoms with Crippen molar-refractivity contribution in [3.05, 3.63) is 30.1 Å². The first-order valence-electron chi connectivity index (χ1n) is 8.83. The van der Waals surface area contributed by atoms with E-state index in [1.165, 1.54) is 25.9 Å². The monoisotopic (exact) mass is 315 g/mol. The van der Waals surface area contributed by atoms with Crippen molar-refractivity contribution in [1.29, 1.82) is 0 Å². The second kappa shape index (κ2) is 6.21. The molecule has 0 N–H and O–H groups in total. The Hall–Kier alpha value is -1.46. The van der Waals surface area contributed by atoms with Crippen molar-refractivity contribution in [3.63, 3.8) is 0 Å². The number of amides is 1. The average molecular weight is 315 g/mol. The van der Waals surface area contributed by atoms with E-state index in [1.54, 1.807) is 24.5 Å². The van der Waals surface area contributed by atoms with E-state index in [2.05, 4.69) is 9.88 Å². The molecule has 4 heterocycles. The maximum atomic E-state index is 12.5. The first kappa shape index (κ1) is 15.1. The molecule has 4 rings (SSSR count). The average Bonchev–Trinajstić information content (AvgIpc) is 3.26. The van der Waals surface area contributed by atoms with Gasteiger partial charge in [-0.25, -0.2) is 0 Å². The van der Waals surface area contributed by atoms with Gasteiger partial charge < -0.3 is 9.64 Å². The zero-order valence-electron chi connectivity index (χ0n) is 13.6. The fourth-order valence-electron chi connectivity index (χ4n) is 4.30. The number of aromatic nitrogens is 1. The minimum atomic E-state index is 0.0162. The van der Waals surface area contributed by atoms with Gasteiger partial charge in [0.1, 0.15) is 0 Å². The molecule has 0 radical (unpaired) electrons. The van der Waals surface area contributed by atoms with Crippen LogP contribution < -0.4 is 0 Å². The minimum Gasteiger partial charge on any atom is -0.373 e. The molecule has 23 heavy (non-hydrogen) atoms. The third kappa shape index (κ3) is 3.00. The van der Waals surface area contributed by atoms with Gasteiger partial charge in [0.2, 0.25) is 0 Å². The van der Waals surface area contributed by atoms with Gasteiger partial charge in [-0.2, -0.15) is 0 Å². The van der Waals surface area contributed by atoms with Crippen molar-refractivity contribution >= 4 is 5.91 Å². The quantitative estimate of drug-likeness (QED) is 0.837. The van der Waals surface area contributed by atoms with Crippen LogP contribution in [0.4, 0.5) is 0 Å². The van der Waals surface area contributed by atoms with Crippen LogP contribution in [-0.4, -0.2) is 65.1 Å². The lowest BCUT2D eigenvalue weighted by molar-refractivity contribution is -0.0393. The number of ether oxygens (including phenoxy) is 1. The van der Waals surface area contributed by atoms with Crippen molar-refractivity contribution in [3.8, 4) is 0 Å². The Balaban J connectivity index is 1.35. The number of carbonyl (C=O) groups is 1. The van der Waals surface area contributed by atoms with Gasteiger partial charge >= 0.3 is 0 Å². The molecule has 1 aromatic rings. The molecule has 3 aliphatic heterocycles. The molecule has 124 valence electrons. The zero-order chi connectivity index (χ0) is 15.7. The topological polar surface area (TPSA) is 45.7 Å². The number of hydrogen-bond donors (Lipinski definition) is 0. The minimum absolute atomic E-state index is 0.0162. The van der Waals surface area contributed by atoms with Crippen LogP contribution >= 0.6 is 0 Å². The lowest BCUT2D eigenvalue weighted by atomic mass is 9.87. The third-order valence-electron chi connectivity index (χ3n) is 5.74. The highest BCUT2D eigenvalue weighted by Gasteiger charge is 2.45. The van der Waals surface area contributed by atoms with E-state index in [9.17, 15) is 4.79 Å². The van der Waals surface area contributed by atoms with Gasteiger partial charge in [0.15, 0.2) is 0 Å². The number of hydrogen-bond acceptors (Lipinski definition) is 4. The number of nitrogens with zero attached hydrogens (tertiary/aromatic N) is 3. The molecule has 3 aliphatic rings. The number of rotatable bonds is 2. The summed E-state index contributed by atoms with van der Waals surface area (Å²) in [5, 5.41) is 0. The summed E-state index contributed by atoms with van der Waals surface area (Å²) in [6.07, 6.45) is 9.10. The van der Waals surface area contributed by atoms with E-state index < -0.39 is 0 Å². The summed E-state index contributed by atoms with van der Waals surface area (Å²) < 4.78 is 6.25. The first-order chi connectivity index (χ1) is 11.3. The molecule has 5 heteroatoms. The van der Waals surface area contributed by atoms with E-state index in [4.69, 9.17) is 4.74 Å². The maximum Gasteiger partial charge on any atom is 0.253 e. The van der Waals surface area contributed by atoms with Gasteiger partial charge in [-0.05, 0) is 57.3 Å². The number of pyridine rings is 1. The van der Waals surface area contributed by atoms with Crippen LogP contribution in [0.25, 0.3) is 0 Å². The number of likely N-dealkylation sites (tertiary alicyclic amines) is 2. The van der Waals surface area contributed by atoms with E-state index in [1.807, 2.05) is 4.90 Å². The van der Waals surface area contributed by atoms with E-state index in [-0.39, 0.29) is 11.5 Å². The molecular formula is C18H25N3O2. The van der Waals surface area contributed by atoms with Crippen molar-refractivity contribution in [1.82, 2.24) is 14.8 Å². The fourth-order valence-corrected chi connectivity index (χ4v) is 4.30. The van der Waals surface area contributed by atoms with Crippen molar-refractivity contribution < 1.29 is 9.53 Å². The molecule has 1 spiro atoms. The van der Waals surface area contributed by atoms with Crippen LogP contribution in [0.15, 0.2) is 24.5 Å². The Morgan fingerprint density at radius 2 is 1.83 bits per heavy atom. The normalized spacial score (nSPS) is 27.7. The SMILES string of the molecule is O=C(c1ccncc1)N1CCC2(CC1)C[C@H](N1CCCC1)CO2. The van der Waals surface area contributed by atoms with E-state index in [0.717, 1.165) is 44.5 Å². The number of piperidine rings is 1. The lowest BCUT2D eigenvalue weighted by Crippen LogP contribution is -2.47. The predicted molar refractivity (Wildman–Crippen MR) is 87.3 cm³/mol. The molecule has 1 aromatic heterocycles. The molecule has 3 saturated heterocycles. The van der Waals surface area contributed by atoms with Gasteiger partial charge in [0.25, 0.3) is 5.91 Å². The van der Waals surface area contributed by atoms with Crippen LogP contribution in [0.5, 0.6) is 0 Å². The van der Waals surface area contributed by atoms with Crippen LogP contribution in [0.2, 0.25) is 0 Å². The summed E-state index contributed by atoms with van der Waals surface area (Å²) in [5.74, 6) is 0.122. The molecule has 1 atom stereocenters. The summed E-state index contributed by atoms with van der Waals surface area (Å²) in [4.78, 5) is 21.1. The Kier molecular flexibility index (Phi) is 4.07. The zero-order valence-corrected chi connectivity index (χ0v) is 13.6. The first-order valence-corrected chi connectivity index (χ1v) is 8.83. The largest absolute Gasteiger partial charge is 0.373 e. The molecule has 0 aromatic carbocycles. The Morgan fingerprint density at radius 1 is 1.13 bits per heavy atom. The molecule has 0 aliphatic carbocycles. The highest BCUT2D eigenvalue weighted by atomic mass is 16.5. The highest BCUT2D eigenvalue weighted by Crippen LogP contribution is 2.38. The lowest BCUT2D eigenvalue weighted by Gasteiger charge is -2.39. The van der Waals surface area contributed by atoms with Crippen molar-refractivity contribution in [2.45, 2.75) is 43.7 Å². The third-order valence-corrected chi connectivity index (χ3v) is 5.74. The number of carbonyl (C=O) groups excluding carboxylic acids is 1. The Morgan fingerprint density at radius 3 is 2.52 bits per heavy atom. The van der Waals surface area contributed by atoms with Crippen LogP contribution in [0, 0.1) is 0 Å². The predicted octanol–water partition coefficient (Wildman–Crippen LogP) is 1.94. The second-order valence-corrected chi connectivity index (χ2v) is 7.12. The summed E-state index contributed by atoms with van der Waals surface area (Å²) >= 11 is 0. The van der Waals surface area contributed by atoms with Crippen LogP contribution in [-0.2, 0) is 4.74 Å². The molecule has 1 amide bonds.